The molecule has 0 aromatic rings. The van der Waals surface area contributed by atoms with Crippen LogP contribution in [-0.2, 0) is 4.79 Å². The first kappa shape index (κ1) is 13.7. The van der Waals surface area contributed by atoms with E-state index in [2.05, 4.69) is 6.07 Å². The van der Waals surface area contributed by atoms with Gasteiger partial charge in [0.2, 0.25) is 0 Å². The molecule has 1 aliphatic rings. The SMILES string of the molecule is N#CC1(N)CCCC1.O=C(O)C(F)(F)F. The molecule has 1 aliphatic carbocycles. The molecule has 0 aromatic carbocycles. The van der Waals surface area contributed by atoms with E-state index in [4.69, 9.17) is 20.9 Å². The number of hydrogen-bond donors (Lipinski definition) is 2. The molecule has 1 fully saturated rings. The van der Waals surface area contributed by atoms with Crippen molar-refractivity contribution in [1.29, 1.82) is 5.26 Å². The maximum atomic E-state index is 10.6. The van der Waals surface area contributed by atoms with Gasteiger partial charge in [0.05, 0.1) is 6.07 Å². The van der Waals surface area contributed by atoms with E-state index >= 15 is 0 Å². The van der Waals surface area contributed by atoms with Gasteiger partial charge in [-0.15, -0.1) is 0 Å². The maximum absolute atomic E-state index is 10.6. The smallest absolute Gasteiger partial charge is 0.475 e. The number of nitrogens with zero attached hydrogens (tertiary/aromatic N) is 1. The van der Waals surface area contributed by atoms with E-state index in [1.54, 1.807) is 0 Å². The van der Waals surface area contributed by atoms with Gasteiger partial charge in [-0.05, 0) is 12.8 Å². The number of rotatable bonds is 0. The molecule has 0 radical (unpaired) electrons. The van der Waals surface area contributed by atoms with E-state index in [-0.39, 0.29) is 0 Å². The normalized spacial score (nSPS) is 18.6. The van der Waals surface area contributed by atoms with Crippen molar-refractivity contribution in [2.75, 3.05) is 0 Å². The fraction of sp³-hybridized carbons (Fsp3) is 0.750. The zero-order valence-electron chi connectivity index (χ0n) is 7.84. The lowest BCUT2D eigenvalue weighted by Crippen LogP contribution is -2.33. The molecule has 1 rings (SSSR count). The highest BCUT2D eigenvalue weighted by Gasteiger charge is 2.38. The van der Waals surface area contributed by atoms with E-state index in [0.29, 0.717) is 0 Å². The number of carbonyl (C=O) groups is 1. The van der Waals surface area contributed by atoms with Crippen molar-refractivity contribution < 1.29 is 23.1 Å². The molecule has 0 saturated heterocycles. The molecule has 0 aliphatic heterocycles. The molecule has 0 aromatic heterocycles. The second-order valence-corrected chi connectivity index (χ2v) is 3.28. The molecular weight excluding hydrogens is 213 g/mol. The number of carboxylic acid groups (broad SMARTS) is 1. The standard InChI is InChI=1S/C6H10N2.C2HF3O2/c7-5-6(8)3-1-2-4-6;3-2(4,5)1(6)7/h1-4,8H2;(H,6,7). The van der Waals surface area contributed by atoms with E-state index in [9.17, 15) is 13.2 Å². The van der Waals surface area contributed by atoms with Crippen molar-refractivity contribution in [3.8, 4) is 6.07 Å². The van der Waals surface area contributed by atoms with Crippen molar-refractivity contribution in [1.82, 2.24) is 0 Å². The van der Waals surface area contributed by atoms with Crippen LogP contribution >= 0.6 is 0 Å². The highest BCUT2D eigenvalue weighted by Crippen LogP contribution is 2.25. The van der Waals surface area contributed by atoms with Crippen molar-refractivity contribution in [2.45, 2.75) is 37.4 Å². The summed E-state index contributed by atoms with van der Waals surface area (Å²) in [6, 6.07) is 2.12. The Morgan fingerprint density at radius 1 is 1.40 bits per heavy atom. The summed E-state index contributed by atoms with van der Waals surface area (Å²) in [5, 5.41) is 15.6. The Labute approximate surface area is 84.5 Å². The summed E-state index contributed by atoms with van der Waals surface area (Å²) >= 11 is 0. The number of carboxylic acids is 1. The van der Waals surface area contributed by atoms with Gasteiger partial charge in [-0.25, -0.2) is 4.79 Å². The third kappa shape index (κ3) is 5.22. The van der Waals surface area contributed by atoms with Crippen LogP contribution in [0.3, 0.4) is 0 Å². The Bertz CT molecular complexity index is 264. The first-order valence-corrected chi connectivity index (χ1v) is 4.21. The van der Waals surface area contributed by atoms with Crippen molar-refractivity contribution >= 4 is 5.97 Å². The fourth-order valence-electron chi connectivity index (χ4n) is 1.12. The first-order valence-electron chi connectivity index (χ1n) is 4.21. The first-order chi connectivity index (χ1) is 6.71. The van der Waals surface area contributed by atoms with Gasteiger partial charge in [-0.1, -0.05) is 12.8 Å². The quantitative estimate of drug-likeness (QED) is 0.651. The zero-order chi connectivity index (χ0) is 12.1. The van der Waals surface area contributed by atoms with Crippen LogP contribution < -0.4 is 5.73 Å². The van der Waals surface area contributed by atoms with Crippen molar-refractivity contribution in [2.24, 2.45) is 5.73 Å². The summed E-state index contributed by atoms with van der Waals surface area (Å²) in [6.45, 7) is 0. The van der Waals surface area contributed by atoms with Crippen LogP contribution in [0.2, 0.25) is 0 Å². The number of nitriles is 1. The largest absolute Gasteiger partial charge is 0.490 e. The molecule has 15 heavy (non-hydrogen) atoms. The van der Waals surface area contributed by atoms with Gasteiger partial charge in [-0.2, -0.15) is 18.4 Å². The van der Waals surface area contributed by atoms with E-state index < -0.39 is 17.7 Å². The molecule has 3 N–H and O–H groups in total. The van der Waals surface area contributed by atoms with Gasteiger partial charge < -0.3 is 10.8 Å². The lowest BCUT2D eigenvalue weighted by molar-refractivity contribution is -0.192. The van der Waals surface area contributed by atoms with Crippen LogP contribution in [0.25, 0.3) is 0 Å². The second-order valence-electron chi connectivity index (χ2n) is 3.28. The number of hydrogen-bond acceptors (Lipinski definition) is 3. The summed E-state index contributed by atoms with van der Waals surface area (Å²) in [7, 11) is 0. The van der Waals surface area contributed by atoms with Crippen LogP contribution in [0.4, 0.5) is 13.2 Å². The van der Waals surface area contributed by atoms with Crippen LogP contribution in [0.15, 0.2) is 0 Å². The molecule has 0 spiro atoms. The fourth-order valence-corrected chi connectivity index (χ4v) is 1.12. The Morgan fingerprint density at radius 2 is 1.73 bits per heavy atom. The van der Waals surface area contributed by atoms with Crippen LogP contribution in [0, 0.1) is 11.3 Å². The summed E-state index contributed by atoms with van der Waals surface area (Å²) < 4.78 is 31.7. The number of nitrogens with two attached hydrogens (primary N) is 1. The van der Waals surface area contributed by atoms with Gasteiger partial charge in [0.1, 0.15) is 5.54 Å². The van der Waals surface area contributed by atoms with Gasteiger partial charge in [-0.3, -0.25) is 0 Å². The lowest BCUT2D eigenvalue weighted by Gasteiger charge is -2.10. The molecule has 7 heteroatoms. The summed E-state index contributed by atoms with van der Waals surface area (Å²) in [6.07, 6.45) is -1.04. The molecule has 86 valence electrons. The molecule has 4 nitrogen and oxygen atoms in total. The van der Waals surface area contributed by atoms with Gasteiger partial charge in [0, 0.05) is 0 Å². The highest BCUT2D eigenvalue weighted by atomic mass is 19.4. The monoisotopic (exact) mass is 224 g/mol. The second kappa shape index (κ2) is 4.98. The minimum Gasteiger partial charge on any atom is -0.475 e. The number of halogens is 3. The summed E-state index contributed by atoms with van der Waals surface area (Å²) in [5.41, 5.74) is 5.14. The van der Waals surface area contributed by atoms with Crippen molar-refractivity contribution in [3.05, 3.63) is 0 Å². The highest BCUT2D eigenvalue weighted by molar-refractivity contribution is 5.73. The van der Waals surface area contributed by atoms with E-state index in [0.717, 1.165) is 25.7 Å². The third-order valence-electron chi connectivity index (χ3n) is 1.96. The average Bonchev–Trinajstić information content (AvgIpc) is 2.52. The van der Waals surface area contributed by atoms with E-state index in [1.165, 1.54) is 0 Å². The van der Waals surface area contributed by atoms with Crippen LogP contribution in [0.1, 0.15) is 25.7 Å². The molecule has 1 saturated carbocycles. The molecule has 0 bridgehead atoms. The number of alkyl halides is 3. The van der Waals surface area contributed by atoms with Gasteiger partial charge in [0.15, 0.2) is 0 Å². The topological polar surface area (TPSA) is 87.1 Å². The molecular formula is C8H11F3N2O2. The van der Waals surface area contributed by atoms with Gasteiger partial charge >= 0.3 is 12.1 Å². The molecule has 0 unspecified atom stereocenters. The summed E-state index contributed by atoms with van der Waals surface area (Å²) in [5.74, 6) is -2.76. The summed E-state index contributed by atoms with van der Waals surface area (Å²) in [4.78, 5) is 8.90. The molecule has 0 amide bonds. The Morgan fingerprint density at radius 3 is 1.87 bits per heavy atom. The van der Waals surface area contributed by atoms with Crippen molar-refractivity contribution in [3.63, 3.8) is 0 Å². The molecule has 0 atom stereocenters. The predicted octanol–water partition coefficient (Wildman–Crippen LogP) is 1.41. The predicted molar refractivity (Wildman–Crippen MR) is 44.7 cm³/mol. The Balaban J connectivity index is 0.000000265. The zero-order valence-corrected chi connectivity index (χ0v) is 7.84. The average molecular weight is 224 g/mol. The van der Waals surface area contributed by atoms with Crippen LogP contribution in [0.5, 0.6) is 0 Å². The third-order valence-corrected chi connectivity index (χ3v) is 1.96. The minimum atomic E-state index is -5.08. The van der Waals surface area contributed by atoms with Gasteiger partial charge in [0.25, 0.3) is 0 Å². The minimum absolute atomic E-state index is 0.458. The Kier molecular flexibility index (Phi) is 4.55. The maximum Gasteiger partial charge on any atom is 0.490 e. The van der Waals surface area contributed by atoms with E-state index in [1.807, 2.05) is 0 Å². The number of aliphatic carboxylic acids is 1. The van der Waals surface area contributed by atoms with Crippen LogP contribution in [-0.4, -0.2) is 22.8 Å². The Hall–Kier alpha value is -1.29. The lowest BCUT2D eigenvalue weighted by atomic mass is 10.0. The molecule has 0 heterocycles.